The van der Waals surface area contributed by atoms with Crippen LogP contribution >= 0.6 is 0 Å². The van der Waals surface area contributed by atoms with Crippen LogP contribution in [0.2, 0.25) is 0 Å². The highest BCUT2D eigenvalue weighted by Gasteiger charge is 2.32. The Hall–Kier alpha value is -2.00. The van der Waals surface area contributed by atoms with Gasteiger partial charge in [-0.2, -0.15) is 0 Å². The van der Waals surface area contributed by atoms with Crippen molar-refractivity contribution in [3.63, 3.8) is 0 Å². The summed E-state index contributed by atoms with van der Waals surface area (Å²) in [6.07, 6.45) is 4.99. The first kappa shape index (κ1) is 16.5. The Morgan fingerprint density at radius 1 is 0.880 bits per heavy atom. The summed E-state index contributed by atoms with van der Waals surface area (Å²) >= 11 is 0. The number of methoxy groups -OCH3 is 2. The van der Waals surface area contributed by atoms with E-state index in [-0.39, 0.29) is 0 Å². The molecule has 0 amide bonds. The van der Waals surface area contributed by atoms with E-state index >= 15 is 0 Å². The first-order valence-corrected chi connectivity index (χ1v) is 9.28. The van der Waals surface area contributed by atoms with E-state index in [1.54, 1.807) is 14.2 Å². The second-order valence-electron chi connectivity index (χ2n) is 7.42. The molecule has 1 saturated heterocycles. The Balaban J connectivity index is 1.55. The molecule has 3 heteroatoms. The Labute approximate surface area is 150 Å². The van der Waals surface area contributed by atoms with Crippen molar-refractivity contribution in [2.45, 2.75) is 38.3 Å². The highest BCUT2D eigenvalue weighted by molar-refractivity contribution is 5.37. The summed E-state index contributed by atoms with van der Waals surface area (Å²) in [5.41, 5.74) is 4.38. The molecule has 2 unspecified atom stereocenters. The number of piperidine rings is 1. The Kier molecular flexibility index (Phi) is 4.67. The van der Waals surface area contributed by atoms with Gasteiger partial charge in [0.1, 0.15) is 11.5 Å². The maximum Gasteiger partial charge on any atom is 0.119 e. The topological polar surface area (TPSA) is 21.7 Å². The second-order valence-corrected chi connectivity index (χ2v) is 7.42. The van der Waals surface area contributed by atoms with E-state index < -0.39 is 0 Å². The fourth-order valence-corrected chi connectivity index (χ4v) is 4.42. The van der Waals surface area contributed by atoms with Crippen molar-refractivity contribution in [3.8, 4) is 11.5 Å². The first-order chi connectivity index (χ1) is 12.2. The molecule has 5 rings (SSSR count). The molecule has 2 aromatic carbocycles. The smallest absolute Gasteiger partial charge is 0.119 e. The third kappa shape index (κ3) is 3.52. The summed E-state index contributed by atoms with van der Waals surface area (Å²) < 4.78 is 10.7. The van der Waals surface area contributed by atoms with E-state index in [2.05, 4.69) is 47.4 Å². The zero-order valence-corrected chi connectivity index (χ0v) is 15.2. The molecule has 2 heterocycles. The number of hydrogen-bond donors (Lipinski definition) is 0. The normalized spacial score (nSPS) is 22.8. The van der Waals surface area contributed by atoms with Crippen molar-refractivity contribution in [3.05, 3.63) is 59.2 Å². The van der Waals surface area contributed by atoms with Crippen LogP contribution in [0.4, 0.5) is 0 Å². The van der Waals surface area contributed by atoms with E-state index in [0.717, 1.165) is 30.4 Å². The van der Waals surface area contributed by atoms with Crippen LogP contribution in [0.1, 0.15) is 29.5 Å². The summed E-state index contributed by atoms with van der Waals surface area (Å²) in [6.45, 7) is 2.24. The summed E-state index contributed by atoms with van der Waals surface area (Å²) in [5.74, 6) is 2.68. The summed E-state index contributed by atoms with van der Waals surface area (Å²) in [6, 6.07) is 15.8. The van der Waals surface area contributed by atoms with Crippen LogP contribution in [0.3, 0.4) is 0 Å². The highest BCUT2D eigenvalue weighted by atomic mass is 16.5. The molecule has 3 nitrogen and oxygen atoms in total. The van der Waals surface area contributed by atoms with Crippen molar-refractivity contribution in [1.82, 2.24) is 4.90 Å². The van der Waals surface area contributed by atoms with Gasteiger partial charge in [0.15, 0.2) is 0 Å². The molecule has 2 aromatic rings. The molecule has 3 aliphatic rings. The second kappa shape index (κ2) is 7.09. The van der Waals surface area contributed by atoms with E-state index in [0.29, 0.717) is 6.04 Å². The number of benzene rings is 2. The fourth-order valence-electron chi connectivity index (χ4n) is 4.42. The van der Waals surface area contributed by atoms with Crippen LogP contribution < -0.4 is 9.47 Å². The van der Waals surface area contributed by atoms with Crippen LogP contribution in [0.15, 0.2) is 42.5 Å². The van der Waals surface area contributed by atoms with Crippen molar-refractivity contribution < 1.29 is 9.47 Å². The average molecular weight is 337 g/mol. The van der Waals surface area contributed by atoms with Gasteiger partial charge in [-0.05, 0) is 72.6 Å². The quantitative estimate of drug-likeness (QED) is 0.839. The molecule has 2 bridgehead atoms. The number of nitrogens with zero attached hydrogens (tertiary/aromatic N) is 1. The van der Waals surface area contributed by atoms with Crippen molar-refractivity contribution in [2.75, 3.05) is 20.8 Å². The molecule has 25 heavy (non-hydrogen) atoms. The summed E-state index contributed by atoms with van der Waals surface area (Å²) in [4.78, 5) is 2.69. The minimum Gasteiger partial charge on any atom is -0.497 e. The lowest BCUT2D eigenvalue weighted by Crippen LogP contribution is -2.46. The molecule has 132 valence electrons. The average Bonchev–Trinajstić information content (AvgIpc) is 2.63. The molecule has 0 radical (unpaired) electrons. The van der Waals surface area contributed by atoms with Gasteiger partial charge in [0, 0.05) is 19.1 Å². The predicted octanol–water partition coefficient (Wildman–Crippen LogP) is 4.08. The molecular weight excluding hydrogens is 310 g/mol. The number of ether oxygens (including phenoxy) is 2. The van der Waals surface area contributed by atoms with Gasteiger partial charge in [0.05, 0.1) is 14.2 Å². The molecular formula is C22H27NO2. The van der Waals surface area contributed by atoms with Crippen LogP contribution in [0.5, 0.6) is 11.5 Å². The lowest BCUT2D eigenvalue weighted by Gasteiger charge is -2.42. The lowest BCUT2D eigenvalue weighted by molar-refractivity contribution is 0.0937. The SMILES string of the molecule is COc1ccc(CN2CC3CCC2Cc2cc(OC)ccc2C3)cc1. The molecule has 0 N–H and O–H groups in total. The van der Waals surface area contributed by atoms with Crippen LogP contribution in [0.25, 0.3) is 0 Å². The minimum absolute atomic E-state index is 0.629. The summed E-state index contributed by atoms with van der Waals surface area (Å²) in [7, 11) is 3.48. The van der Waals surface area contributed by atoms with Crippen molar-refractivity contribution in [2.24, 2.45) is 5.92 Å². The number of fused-ring (bicyclic) bond motifs is 2. The zero-order chi connectivity index (χ0) is 17.2. The van der Waals surface area contributed by atoms with Gasteiger partial charge in [0.2, 0.25) is 0 Å². The lowest BCUT2D eigenvalue weighted by atomic mass is 9.80. The van der Waals surface area contributed by atoms with Gasteiger partial charge in [-0.3, -0.25) is 4.90 Å². The molecule has 0 spiro atoms. The van der Waals surface area contributed by atoms with E-state index in [4.69, 9.17) is 9.47 Å². The minimum atomic E-state index is 0.629. The van der Waals surface area contributed by atoms with Gasteiger partial charge in [-0.15, -0.1) is 0 Å². The Bertz CT molecular complexity index is 725. The molecule has 2 aliphatic heterocycles. The van der Waals surface area contributed by atoms with Gasteiger partial charge in [-0.1, -0.05) is 18.2 Å². The largest absolute Gasteiger partial charge is 0.497 e. The van der Waals surface area contributed by atoms with Gasteiger partial charge >= 0.3 is 0 Å². The standard InChI is InChI=1S/C22H27NO2/c1-24-21-8-4-16(5-9-21)14-23-15-17-3-7-20(23)12-19-13-22(25-2)10-6-18(19)11-17/h4-6,8-10,13,17,20H,3,7,11-12,14-15H2,1-2H3. The Morgan fingerprint density at radius 3 is 2.40 bits per heavy atom. The van der Waals surface area contributed by atoms with Crippen LogP contribution in [-0.4, -0.2) is 31.7 Å². The third-order valence-electron chi connectivity index (χ3n) is 5.84. The monoisotopic (exact) mass is 337 g/mol. The van der Waals surface area contributed by atoms with Crippen molar-refractivity contribution in [1.29, 1.82) is 0 Å². The molecule has 0 aromatic heterocycles. The third-order valence-corrected chi connectivity index (χ3v) is 5.84. The van der Waals surface area contributed by atoms with Crippen molar-refractivity contribution >= 4 is 0 Å². The predicted molar refractivity (Wildman–Crippen MR) is 100 cm³/mol. The summed E-state index contributed by atoms with van der Waals surface area (Å²) in [5, 5.41) is 0. The number of rotatable bonds is 4. The van der Waals surface area contributed by atoms with Gasteiger partial charge in [-0.25, -0.2) is 0 Å². The maximum atomic E-state index is 5.45. The molecule has 0 saturated carbocycles. The maximum absolute atomic E-state index is 5.45. The van der Waals surface area contributed by atoms with Gasteiger partial charge in [0.25, 0.3) is 0 Å². The number of hydrogen-bond acceptors (Lipinski definition) is 3. The molecule has 1 aliphatic carbocycles. The van der Waals surface area contributed by atoms with Crippen LogP contribution in [-0.2, 0) is 19.4 Å². The van der Waals surface area contributed by atoms with Gasteiger partial charge < -0.3 is 9.47 Å². The van der Waals surface area contributed by atoms with Crippen LogP contribution in [0, 0.1) is 5.92 Å². The first-order valence-electron chi connectivity index (χ1n) is 9.28. The molecule has 2 atom stereocenters. The zero-order valence-electron chi connectivity index (χ0n) is 15.2. The molecule has 1 fully saturated rings. The van der Waals surface area contributed by atoms with E-state index in [1.807, 2.05) is 0 Å². The fraction of sp³-hybridized carbons (Fsp3) is 0.455. The van der Waals surface area contributed by atoms with E-state index in [1.165, 1.54) is 42.5 Å². The van der Waals surface area contributed by atoms with E-state index in [9.17, 15) is 0 Å². The Morgan fingerprint density at radius 2 is 1.64 bits per heavy atom. The highest BCUT2D eigenvalue weighted by Crippen LogP contribution is 2.34.